The Morgan fingerprint density at radius 2 is 2.05 bits per heavy atom. The van der Waals surface area contributed by atoms with Gasteiger partial charge in [-0.05, 0) is 24.6 Å². The maximum Gasteiger partial charge on any atom is 0.344 e. The summed E-state index contributed by atoms with van der Waals surface area (Å²) in [5, 5.41) is 3.67. The van der Waals surface area contributed by atoms with Gasteiger partial charge in [0.1, 0.15) is 11.3 Å². The van der Waals surface area contributed by atoms with Gasteiger partial charge in [-0.25, -0.2) is 4.79 Å². The van der Waals surface area contributed by atoms with Crippen LogP contribution in [0.5, 0.6) is 5.75 Å². The molecule has 20 heavy (non-hydrogen) atoms. The first kappa shape index (κ1) is 14.0. The smallest absolute Gasteiger partial charge is 0.344 e. The van der Waals surface area contributed by atoms with Crippen LogP contribution in [0.3, 0.4) is 0 Å². The summed E-state index contributed by atoms with van der Waals surface area (Å²) in [4.78, 5) is 11.5. The largest absolute Gasteiger partial charge is 0.497 e. The second kappa shape index (κ2) is 6.18. The number of hydrogen-bond donors (Lipinski definition) is 0. The number of ether oxygens (including phenoxy) is 2. The molecule has 6 heteroatoms. The highest BCUT2D eigenvalue weighted by Gasteiger charge is 2.17. The van der Waals surface area contributed by atoms with Gasteiger partial charge in [0.2, 0.25) is 5.95 Å². The number of methoxy groups -OCH3 is 1. The number of aromatic nitrogens is 2. The molecule has 0 fully saturated rings. The topological polar surface area (TPSA) is 53.4 Å². The van der Waals surface area contributed by atoms with Gasteiger partial charge in [-0.2, -0.15) is 4.39 Å². The van der Waals surface area contributed by atoms with Crippen molar-refractivity contribution < 1.29 is 18.7 Å². The lowest BCUT2D eigenvalue weighted by atomic mass is 10.2. The summed E-state index contributed by atoms with van der Waals surface area (Å²) in [7, 11) is 1.59. The van der Waals surface area contributed by atoms with Crippen LogP contribution in [-0.2, 0) is 11.3 Å². The molecule has 0 aliphatic heterocycles. The molecule has 0 spiro atoms. The van der Waals surface area contributed by atoms with Gasteiger partial charge >= 0.3 is 5.97 Å². The highest BCUT2D eigenvalue weighted by molar-refractivity contribution is 5.89. The van der Waals surface area contributed by atoms with E-state index in [2.05, 4.69) is 5.10 Å². The molecule has 0 atom stereocenters. The third-order valence-corrected chi connectivity index (χ3v) is 2.72. The maximum atomic E-state index is 13.6. The molecule has 0 aliphatic carbocycles. The molecule has 0 saturated heterocycles. The Kier molecular flexibility index (Phi) is 4.34. The van der Waals surface area contributed by atoms with Crippen LogP contribution in [0, 0.1) is 5.95 Å². The van der Waals surface area contributed by atoms with Gasteiger partial charge in [0.05, 0.1) is 20.3 Å². The van der Waals surface area contributed by atoms with E-state index in [1.165, 1.54) is 10.9 Å². The van der Waals surface area contributed by atoms with E-state index in [-0.39, 0.29) is 12.2 Å². The fraction of sp³-hybridized carbons (Fsp3) is 0.286. The predicted molar refractivity (Wildman–Crippen MR) is 70.2 cm³/mol. The molecule has 0 unspecified atom stereocenters. The van der Waals surface area contributed by atoms with Crippen molar-refractivity contribution in [3.8, 4) is 5.75 Å². The van der Waals surface area contributed by atoms with Gasteiger partial charge in [0, 0.05) is 6.20 Å². The van der Waals surface area contributed by atoms with Gasteiger partial charge in [0.15, 0.2) is 0 Å². The Labute approximate surface area is 115 Å². The summed E-state index contributed by atoms with van der Waals surface area (Å²) in [5.74, 6) is -0.782. The monoisotopic (exact) mass is 278 g/mol. The van der Waals surface area contributed by atoms with Crippen LogP contribution in [0.15, 0.2) is 30.5 Å². The van der Waals surface area contributed by atoms with Gasteiger partial charge in [-0.1, -0.05) is 12.1 Å². The van der Waals surface area contributed by atoms with E-state index in [4.69, 9.17) is 9.47 Å². The van der Waals surface area contributed by atoms with E-state index in [0.29, 0.717) is 6.54 Å². The Balaban J connectivity index is 2.13. The van der Waals surface area contributed by atoms with Crippen molar-refractivity contribution in [3.05, 3.63) is 47.5 Å². The molecule has 0 amide bonds. The molecule has 2 rings (SSSR count). The van der Waals surface area contributed by atoms with E-state index in [9.17, 15) is 9.18 Å². The molecular weight excluding hydrogens is 263 g/mol. The van der Waals surface area contributed by atoms with Crippen molar-refractivity contribution in [1.82, 2.24) is 9.78 Å². The van der Waals surface area contributed by atoms with Crippen molar-refractivity contribution in [1.29, 1.82) is 0 Å². The minimum Gasteiger partial charge on any atom is -0.497 e. The summed E-state index contributed by atoms with van der Waals surface area (Å²) in [6.45, 7) is 2.22. The number of rotatable bonds is 5. The normalized spacial score (nSPS) is 10.3. The second-order valence-electron chi connectivity index (χ2n) is 4.10. The van der Waals surface area contributed by atoms with Crippen molar-refractivity contribution in [2.45, 2.75) is 13.5 Å². The molecular formula is C14H15FN2O3. The van der Waals surface area contributed by atoms with Gasteiger partial charge < -0.3 is 9.47 Å². The molecule has 0 aliphatic rings. The highest BCUT2D eigenvalue weighted by atomic mass is 19.1. The van der Waals surface area contributed by atoms with Crippen LogP contribution in [0.25, 0.3) is 0 Å². The molecule has 1 aromatic carbocycles. The SMILES string of the molecule is CCOC(=O)c1cn(Cc2ccc(OC)cc2)nc1F. The Hall–Kier alpha value is -2.37. The molecule has 2 aromatic rings. The van der Waals surface area contributed by atoms with Crippen LogP contribution < -0.4 is 4.74 Å². The number of nitrogens with zero attached hydrogens (tertiary/aromatic N) is 2. The summed E-state index contributed by atoms with van der Waals surface area (Å²) in [6.07, 6.45) is 1.34. The molecule has 5 nitrogen and oxygen atoms in total. The minimum absolute atomic E-state index is 0.152. The molecule has 106 valence electrons. The lowest BCUT2D eigenvalue weighted by Crippen LogP contribution is -2.05. The average Bonchev–Trinajstić information content (AvgIpc) is 2.81. The number of hydrogen-bond acceptors (Lipinski definition) is 4. The summed E-state index contributed by atoms with van der Waals surface area (Å²) in [5.41, 5.74) is 0.768. The van der Waals surface area contributed by atoms with Crippen LogP contribution in [-0.4, -0.2) is 29.5 Å². The Morgan fingerprint density at radius 3 is 2.65 bits per heavy atom. The average molecular weight is 278 g/mol. The summed E-state index contributed by atoms with van der Waals surface area (Å²) < 4.78 is 24.7. The van der Waals surface area contributed by atoms with E-state index in [1.807, 2.05) is 12.1 Å². The maximum absolute atomic E-state index is 13.6. The van der Waals surface area contributed by atoms with Crippen LogP contribution >= 0.6 is 0 Å². The van der Waals surface area contributed by atoms with E-state index in [0.717, 1.165) is 11.3 Å². The fourth-order valence-corrected chi connectivity index (χ4v) is 1.74. The summed E-state index contributed by atoms with van der Waals surface area (Å²) in [6, 6.07) is 7.31. The van der Waals surface area contributed by atoms with Crippen molar-refractivity contribution in [2.75, 3.05) is 13.7 Å². The summed E-state index contributed by atoms with van der Waals surface area (Å²) >= 11 is 0. The zero-order valence-electron chi connectivity index (χ0n) is 11.3. The number of esters is 1. The first-order valence-corrected chi connectivity index (χ1v) is 6.17. The molecule has 0 radical (unpaired) electrons. The minimum atomic E-state index is -0.822. The standard InChI is InChI=1S/C14H15FN2O3/c1-3-20-14(18)12-9-17(16-13(12)15)8-10-4-6-11(19-2)7-5-10/h4-7,9H,3,8H2,1-2H3. The number of benzene rings is 1. The zero-order valence-corrected chi connectivity index (χ0v) is 11.3. The zero-order chi connectivity index (χ0) is 14.5. The van der Waals surface area contributed by atoms with Crippen LogP contribution in [0.1, 0.15) is 22.8 Å². The quantitative estimate of drug-likeness (QED) is 0.787. The van der Waals surface area contributed by atoms with Gasteiger partial charge in [-0.3, -0.25) is 4.68 Å². The van der Waals surface area contributed by atoms with E-state index < -0.39 is 11.9 Å². The second-order valence-corrected chi connectivity index (χ2v) is 4.10. The highest BCUT2D eigenvalue weighted by Crippen LogP contribution is 2.13. The van der Waals surface area contributed by atoms with E-state index in [1.54, 1.807) is 26.2 Å². The predicted octanol–water partition coefficient (Wildman–Crippen LogP) is 2.26. The van der Waals surface area contributed by atoms with Crippen LogP contribution in [0.4, 0.5) is 4.39 Å². The fourth-order valence-electron chi connectivity index (χ4n) is 1.74. The van der Waals surface area contributed by atoms with Gasteiger partial charge in [0.25, 0.3) is 0 Å². The van der Waals surface area contributed by atoms with E-state index >= 15 is 0 Å². The Bertz CT molecular complexity index is 593. The third kappa shape index (κ3) is 3.14. The van der Waals surface area contributed by atoms with Crippen molar-refractivity contribution in [3.63, 3.8) is 0 Å². The van der Waals surface area contributed by atoms with Crippen LogP contribution in [0.2, 0.25) is 0 Å². The van der Waals surface area contributed by atoms with Gasteiger partial charge in [-0.15, -0.1) is 5.10 Å². The molecule has 0 bridgehead atoms. The van der Waals surface area contributed by atoms with Crippen molar-refractivity contribution >= 4 is 5.97 Å². The first-order chi connectivity index (χ1) is 9.63. The number of carbonyl (C=O) groups is 1. The molecule has 1 aromatic heterocycles. The number of carbonyl (C=O) groups excluding carboxylic acids is 1. The van der Waals surface area contributed by atoms with Crippen molar-refractivity contribution in [2.24, 2.45) is 0 Å². The lowest BCUT2D eigenvalue weighted by Gasteiger charge is -2.03. The number of halogens is 1. The Morgan fingerprint density at radius 1 is 1.35 bits per heavy atom. The third-order valence-electron chi connectivity index (χ3n) is 2.72. The lowest BCUT2D eigenvalue weighted by molar-refractivity contribution is 0.0521. The first-order valence-electron chi connectivity index (χ1n) is 6.17. The molecule has 0 saturated carbocycles. The molecule has 0 N–H and O–H groups in total. The molecule has 1 heterocycles.